The zero-order valence-electron chi connectivity index (χ0n) is 13.8. The van der Waals surface area contributed by atoms with E-state index in [4.69, 9.17) is 9.47 Å². The van der Waals surface area contributed by atoms with Crippen LogP contribution in [0, 0.1) is 0 Å². The van der Waals surface area contributed by atoms with Gasteiger partial charge in [-0.05, 0) is 31.0 Å². The van der Waals surface area contributed by atoms with E-state index in [0.29, 0.717) is 17.5 Å². The Morgan fingerprint density at radius 3 is 2.74 bits per heavy atom. The molecular formula is C17H25N3O3. The largest absolute Gasteiger partial charge is 0.497 e. The minimum atomic E-state index is -0.145. The summed E-state index contributed by atoms with van der Waals surface area (Å²) in [6.45, 7) is 0.289. The number of ether oxygens (including phenoxy) is 2. The summed E-state index contributed by atoms with van der Waals surface area (Å²) in [5.41, 5.74) is 3.27. The van der Waals surface area contributed by atoms with Gasteiger partial charge in [0.25, 0.3) is 5.91 Å². The van der Waals surface area contributed by atoms with Crippen molar-refractivity contribution in [1.82, 2.24) is 10.7 Å². The molecule has 6 heteroatoms. The van der Waals surface area contributed by atoms with Crippen molar-refractivity contribution in [2.75, 3.05) is 20.8 Å². The van der Waals surface area contributed by atoms with Crippen molar-refractivity contribution in [3.63, 3.8) is 0 Å². The number of hydrazone groups is 1. The summed E-state index contributed by atoms with van der Waals surface area (Å²) >= 11 is 0. The monoisotopic (exact) mass is 319 g/mol. The fourth-order valence-electron chi connectivity index (χ4n) is 2.70. The Bertz CT molecular complexity index is 540. The molecule has 0 heterocycles. The van der Waals surface area contributed by atoms with Gasteiger partial charge in [0.05, 0.1) is 27.0 Å². The Kier molecular flexibility index (Phi) is 6.87. The van der Waals surface area contributed by atoms with Gasteiger partial charge >= 0.3 is 0 Å². The Balaban J connectivity index is 1.82. The van der Waals surface area contributed by atoms with Gasteiger partial charge < -0.3 is 14.8 Å². The van der Waals surface area contributed by atoms with Crippen LogP contribution in [0.15, 0.2) is 23.3 Å². The SMILES string of the molecule is COc1ccc(OC)c(/C=N\NC(=O)CNC2CCCCC2)c1. The number of hydrogen-bond acceptors (Lipinski definition) is 5. The molecule has 1 aromatic carbocycles. The number of carbonyl (C=O) groups is 1. The second-order valence-electron chi connectivity index (χ2n) is 5.62. The van der Waals surface area contributed by atoms with E-state index in [1.807, 2.05) is 6.07 Å². The Morgan fingerprint density at radius 1 is 1.26 bits per heavy atom. The highest BCUT2D eigenvalue weighted by Crippen LogP contribution is 2.22. The quantitative estimate of drug-likeness (QED) is 0.596. The molecule has 0 atom stereocenters. The molecule has 1 fully saturated rings. The highest BCUT2D eigenvalue weighted by atomic mass is 16.5. The maximum atomic E-state index is 11.8. The van der Waals surface area contributed by atoms with E-state index < -0.39 is 0 Å². The van der Waals surface area contributed by atoms with Crippen molar-refractivity contribution < 1.29 is 14.3 Å². The van der Waals surface area contributed by atoms with Crippen molar-refractivity contribution in [3.8, 4) is 11.5 Å². The molecule has 0 aliphatic heterocycles. The first kappa shape index (κ1) is 17.3. The summed E-state index contributed by atoms with van der Waals surface area (Å²) in [5.74, 6) is 1.23. The summed E-state index contributed by atoms with van der Waals surface area (Å²) in [5, 5.41) is 7.27. The lowest BCUT2D eigenvalue weighted by Gasteiger charge is -2.22. The fourth-order valence-corrected chi connectivity index (χ4v) is 2.70. The van der Waals surface area contributed by atoms with Gasteiger partial charge in [-0.15, -0.1) is 0 Å². The van der Waals surface area contributed by atoms with Gasteiger partial charge in [-0.3, -0.25) is 4.79 Å². The normalized spacial score (nSPS) is 15.6. The van der Waals surface area contributed by atoms with E-state index in [0.717, 1.165) is 18.4 Å². The van der Waals surface area contributed by atoms with Crippen molar-refractivity contribution in [2.24, 2.45) is 5.10 Å². The molecule has 0 saturated heterocycles. The van der Waals surface area contributed by atoms with Crippen LogP contribution in [0.25, 0.3) is 0 Å². The molecule has 126 valence electrons. The maximum Gasteiger partial charge on any atom is 0.254 e. The van der Waals surface area contributed by atoms with E-state index in [2.05, 4.69) is 15.8 Å². The molecule has 0 radical (unpaired) electrons. The third kappa shape index (κ3) is 5.56. The van der Waals surface area contributed by atoms with Crippen LogP contribution in [0.4, 0.5) is 0 Å². The lowest BCUT2D eigenvalue weighted by Crippen LogP contribution is -2.38. The maximum absolute atomic E-state index is 11.8. The molecule has 0 bridgehead atoms. The summed E-state index contributed by atoms with van der Waals surface area (Å²) in [4.78, 5) is 11.8. The van der Waals surface area contributed by atoms with Crippen LogP contribution in [-0.4, -0.2) is 38.9 Å². The van der Waals surface area contributed by atoms with Crippen molar-refractivity contribution in [2.45, 2.75) is 38.1 Å². The first-order chi connectivity index (χ1) is 11.2. The van der Waals surface area contributed by atoms with Gasteiger partial charge in [0, 0.05) is 11.6 Å². The number of nitrogens with zero attached hydrogens (tertiary/aromatic N) is 1. The molecule has 2 N–H and O–H groups in total. The van der Waals surface area contributed by atoms with E-state index >= 15 is 0 Å². The number of hydrogen-bond donors (Lipinski definition) is 2. The van der Waals surface area contributed by atoms with Crippen LogP contribution in [0.5, 0.6) is 11.5 Å². The van der Waals surface area contributed by atoms with Crippen molar-refractivity contribution >= 4 is 12.1 Å². The average molecular weight is 319 g/mol. The predicted molar refractivity (Wildman–Crippen MR) is 90.2 cm³/mol. The van der Waals surface area contributed by atoms with Crippen LogP contribution in [0.3, 0.4) is 0 Å². The van der Waals surface area contributed by atoms with Crippen LogP contribution in [-0.2, 0) is 4.79 Å². The lowest BCUT2D eigenvalue weighted by atomic mass is 9.95. The van der Waals surface area contributed by atoms with E-state index in [1.54, 1.807) is 32.6 Å². The summed E-state index contributed by atoms with van der Waals surface area (Å²) in [7, 11) is 3.19. The number of amides is 1. The fraction of sp³-hybridized carbons (Fsp3) is 0.529. The smallest absolute Gasteiger partial charge is 0.254 e. The van der Waals surface area contributed by atoms with Crippen LogP contribution in [0.1, 0.15) is 37.7 Å². The Morgan fingerprint density at radius 2 is 2.04 bits per heavy atom. The van der Waals surface area contributed by atoms with Gasteiger partial charge in [0.15, 0.2) is 0 Å². The number of carbonyl (C=O) groups excluding carboxylic acids is 1. The topological polar surface area (TPSA) is 72.0 Å². The third-order valence-corrected chi connectivity index (χ3v) is 3.99. The second kappa shape index (κ2) is 9.15. The van der Waals surface area contributed by atoms with Gasteiger partial charge in [-0.1, -0.05) is 19.3 Å². The van der Waals surface area contributed by atoms with Gasteiger partial charge in [-0.2, -0.15) is 5.10 Å². The molecular weight excluding hydrogens is 294 g/mol. The molecule has 1 aliphatic carbocycles. The molecule has 2 rings (SSSR count). The highest BCUT2D eigenvalue weighted by molar-refractivity contribution is 5.86. The number of benzene rings is 1. The summed E-state index contributed by atoms with van der Waals surface area (Å²) < 4.78 is 10.4. The van der Waals surface area contributed by atoms with Gasteiger partial charge in [0.2, 0.25) is 0 Å². The molecule has 0 aromatic heterocycles. The molecule has 1 amide bonds. The highest BCUT2D eigenvalue weighted by Gasteiger charge is 2.13. The lowest BCUT2D eigenvalue weighted by molar-refractivity contribution is -0.120. The standard InChI is InChI=1S/C17H25N3O3/c1-22-15-8-9-16(23-2)13(10-15)11-19-20-17(21)12-18-14-6-4-3-5-7-14/h8-11,14,18H,3-7,12H2,1-2H3,(H,20,21)/b19-11-. The minimum absolute atomic E-state index is 0.145. The average Bonchev–Trinajstić information content (AvgIpc) is 2.60. The summed E-state index contributed by atoms with van der Waals surface area (Å²) in [6.07, 6.45) is 7.65. The van der Waals surface area contributed by atoms with E-state index in [9.17, 15) is 4.79 Å². The minimum Gasteiger partial charge on any atom is -0.497 e. The first-order valence-electron chi connectivity index (χ1n) is 8.00. The van der Waals surface area contributed by atoms with Crippen molar-refractivity contribution in [3.05, 3.63) is 23.8 Å². The third-order valence-electron chi connectivity index (χ3n) is 3.99. The van der Waals surface area contributed by atoms with Crippen molar-refractivity contribution in [1.29, 1.82) is 0 Å². The molecule has 1 aromatic rings. The van der Waals surface area contributed by atoms with E-state index in [1.165, 1.54) is 19.3 Å². The van der Waals surface area contributed by atoms with Gasteiger partial charge in [-0.25, -0.2) is 5.43 Å². The molecule has 0 unspecified atom stereocenters. The Labute approximate surface area is 137 Å². The molecule has 6 nitrogen and oxygen atoms in total. The molecule has 1 aliphatic rings. The number of rotatable bonds is 7. The summed E-state index contributed by atoms with van der Waals surface area (Å²) in [6, 6.07) is 5.86. The van der Waals surface area contributed by atoms with Gasteiger partial charge in [0.1, 0.15) is 11.5 Å². The first-order valence-corrected chi connectivity index (χ1v) is 8.00. The number of nitrogens with one attached hydrogen (secondary N) is 2. The molecule has 0 spiro atoms. The van der Waals surface area contributed by atoms with E-state index in [-0.39, 0.29) is 12.5 Å². The van der Waals surface area contributed by atoms with Crippen LogP contribution in [0.2, 0.25) is 0 Å². The second-order valence-corrected chi connectivity index (χ2v) is 5.62. The van der Waals surface area contributed by atoms with Crippen LogP contribution >= 0.6 is 0 Å². The predicted octanol–water partition coefficient (Wildman–Crippen LogP) is 2.08. The Hall–Kier alpha value is -2.08. The van der Waals surface area contributed by atoms with Crippen LogP contribution < -0.4 is 20.2 Å². The zero-order chi connectivity index (χ0) is 16.5. The molecule has 1 saturated carbocycles. The zero-order valence-corrected chi connectivity index (χ0v) is 13.8. The molecule has 23 heavy (non-hydrogen) atoms. The number of methoxy groups -OCH3 is 2.